The molecule has 0 unspecified atom stereocenters. The van der Waals surface area contributed by atoms with Crippen molar-refractivity contribution < 1.29 is 29.0 Å². The van der Waals surface area contributed by atoms with Crippen LogP contribution in [-0.4, -0.2) is 55.1 Å². The summed E-state index contributed by atoms with van der Waals surface area (Å²) in [6.45, 7) is 0.613. The molecule has 0 atom stereocenters. The Bertz CT molecular complexity index is 1590. The third kappa shape index (κ3) is 8.14. The van der Waals surface area contributed by atoms with E-state index < -0.39 is 5.97 Å². The van der Waals surface area contributed by atoms with Gasteiger partial charge in [-0.1, -0.05) is 66.2 Å². The predicted octanol–water partition coefficient (Wildman–Crippen LogP) is 6.11. The Morgan fingerprint density at radius 2 is 1.37 bits per heavy atom. The summed E-state index contributed by atoms with van der Waals surface area (Å²) in [5, 5.41) is 12.9. The van der Waals surface area contributed by atoms with Crippen molar-refractivity contribution in [2.45, 2.75) is 19.4 Å². The van der Waals surface area contributed by atoms with Gasteiger partial charge >= 0.3 is 5.97 Å². The number of hydrogen-bond acceptors (Lipinski definition) is 5. The Kier molecular flexibility index (Phi) is 10.8. The van der Waals surface area contributed by atoms with Crippen LogP contribution >= 0.6 is 11.6 Å². The average Bonchev–Trinajstić information content (AvgIpc) is 3.03. The van der Waals surface area contributed by atoms with E-state index in [1.165, 1.54) is 4.90 Å². The number of rotatable bonds is 13. The number of nitrogens with zero attached hydrogens (tertiary/aromatic N) is 1. The summed E-state index contributed by atoms with van der Waals surface area (Å²) in [4.78, 5) is 40.3. The number of amides is 2. The first-order valence-corrected chi connectivity index (χ1v) is 14.1. The van der Waals surface area contributed by atoms with Gasteiger partial charge in [0.15, 0.2) is 11.5 Å². The van der Waals surface area contributed by atoms with Gasteiger partial charge in [0.1, 0.15) is 0 Å². The van der Waals surface area contributed by atoms with Crippen LogP contribution in [0.1, 0.15) is 38.3 Å². The lowest BCUT2D eigenvalue weighted by atomic mass is 9.94. The maximum atomic E-state index is 14.0. The molecule has 0 spiro atoms. The number of nitrogens with one attached hydrogen (secondary N) is 1. The van der Waals surface area contributed by atoms with E-state index in [2.05, 4.69) is 5.32 Å². The fourth-order valence-electron chi connectivity index (χ4n) is 4.72. The van der Waals surface area contributed by atoms with E-state index in [-0.39, 0.29) is 31.3 Å². The Morgan fingerprint density at radius 3 is 2.02 bits per heavy atom. The van der Waals surface area contributed by atoms with Gasteiger partial charge in [0.05, 0.1) is 20.6 Å². The molecule has 222 valence electrons. The van der Waals surface area contributed by atoms with Crippen LogP contribution < -0.4 is 14.8 Å². The average molecular weight is 601 g/mol. The Hall–Kier alpha value is -4.82. The van der Waals surface area contributed by atoms with Crippen molar-refractivity contribution in [1.82, 2.24) is 10.2 Å². The van der Waals surface area contributed by atoms with Gasteiger partial charge in [-0.05, 0) is 65.1 Å². The SMILES string of the molecule is COc1ccc(CCN(CCC(=O)O)C(=O)c2ccccc2-c2ccccc2C(=O)NCc2ccc(Cl)cc2)cc1OC. The molecular formula is C34H33ClN2O6. The molecule has 43 heavy (non-hydrogen) atoms. The zero-order valence-corrected chi connectivity index (χ0v) is 24.8. The number of ether oxygens (including phenoxy) is 2. The first-order chi connectivity index (χ1) is 20.8. The van der Waals surface area contributed by atoms with E-state index >= 15 is 0 Å². The second-order valence-electron chi connectivity index (χ2n) is 9.78. The topological polar surface area (TPSA) is 105 Å². The summed E-state index contributed by atoms with van der Waals surface area (Å²) < 4.78 is 10.7. The number of carboxylic acids is 1. The van der Waals surface area contributed by atoms with Crippen LogP contribution in [-0.2, 0) is 17.8 Å². The van der Waals surface area contributed by atoms with E-state index in [0.717, 1.165) is 11.1 Å². The van der Waals surface area contributed by atoms with Crippen LogP contribution in [0.25, 0.3) is 11.1 Å². The lowest BCUT2D eigenvalue weighted by Gasteiger charge is -2.24. The molecule has 8 nitrogen and oxygen atoms in total. The molecule has 2 N–H and O–H groups in total. The molecule has 0 aromatic heterocycles. The minimum Gasteiger partial charge on any atom is -0.493 e. The van der Waals surface area contributed by atoms with Crippen molar-refractivity contribution in [2.75, 3.05) is 27.3 Å². The van der Waals surface area contributed by atoms with Crippen LogP contribution in [0.15, 0.2) is 91.0 Å². The van der Waals surface area contributed by atoms with E-state index in [9.17, 15) is 19.5 Å². The smallest absolute Gasteiger partial charge is 0.305 e. The zero-order valence-electron chi connectivity index (χ0n) is 24.0. The molecule has 0 radical (unpaired) electrons. The zero-order chi connectivity index (χ0) is 30.8. The van der Waals surface area contributed by atoms with E-state index in [1.54, 1.807) is 74.9 Å². The third-order valence-corrected chi connectivity index (χ3v) is 7.24. The summed E-state index contributed by atoms with van der Waals surface area (Å²) in [5.41, 5.74) is 3.77. The highest BCUT2D eigenvalue weighted by Crippen LogP contribution is 2.30. The number of carboxylic acid groups (broad SMARTS) is 1. The summed E-state index contributed by atoms with van der Waals surface area (Å²) in [5.74, 6) is -0.452. The van der Waals surface area contributed by atoms with Crippen LogP contribution in [0.5, 0.6) is 11.5 Å². The van der Waals surface area contributed by atoms with Gasteiger partial charge in [-0.15, -0.1) is 0 Å². The van der Waals surface area contributed by atoms with Crippen molar-refractivity contribution >= 4 is 29.4 Å². The molecule has 9 heteroatoms. The second kappa shape index (κ2) is 14.9. The highest BCUT2D eigenvalue weighted by atomic mass is 35.5. The highest BCUT2D eigenvalue weighted by molar-refractivity contribution is 6.30. The lowest BCUT2D eigenvalue weighted by Crippen LogP contribution is -2.35. The van der Waals surface area contributed by atoms with Gasteiger partial charge in [0.2, 0.25) is 0 Å². The lowest BCUT2D eigenvalue weighted by molar-refractivity contribution is -0.137. The Morgan fingerprint density at radius 1 is 0.767 bits per heavy atom. The number of benzene rings is 4. The molecule has 0 aliphatic carbocycles. The van der Waals surface area contributed by atoms with Crippen molar-refractivity contribution in [1.29, 1.82) is 0 Å². The molecule has 0 heterocycles. The first kappa shape index (κ1) is 31.1. The molecule has 0 aliphatic heterocycles. The molecular weight excluding hydrogens is 568 g/mol. The number of carbonyl (C=O) groups is 3. The largest absolute Gasteiger partial charge is 0.493 e. The normalized spacial score (nSPS) is 10.6. The van der Waals surface area contributed by atoms with Gasteiger partial charge in [0.25, 0.3) is 11.8 Å². The molecule has 4 aromatic rings. The van der Waals surface area contributed by atoms with Crippen LogP contribution in [0, 0.1) is 0 Å². The summed E-state index contributed by atoms with van der Waals surface area (Å²) >= 11 is 5.97. The van der Waals surface area contributed by atoms with Crippen molar-refractivity contribution in [3.8, 4) is 22.6 Å². The molecule has 0 saturated carbocycles. The minimum atomic E-state index is -1.00. The fraction of sp³-hybridized carbons (Fsp3) is 0.206. The summed E-state index contributed by atoms with van der Waals surface area (Å²) in [6.07, 6.45) is 0.265. The van der Waals surface area contributed by atoms with Gasteiger partial charge in [-0.2, -0.15) is 0 Å². The van der Waals surface area contributed by atoms with Crippen LogP contribution in [0.4, 0.5) is 0 Å². The van der Waals surface area contributed by atoms with Gasteiger partial charge in [-0.25, -0.2) is 0 Å². The highest BCUT2D eigenvalue weighted by Gasteiger charge is 2.23. The number of carbonyl (C=O) groups excluding carboxylic acids is 2. The van der Waals surface area contributed by atoms with E-state index in [0.29, 0.717) is 51.7 Å². The van der Waals surface area contributed by atoms with Crippen molar-refractivity contribution in [3.63, 3.8) is 0 Å². The monoisotopic (exact) mass is 600 g/mol. The fourth-order valence-corrected chi connectivity index (χ4v) is 4.84. The molecule has 4 rings (SSSR count). The first-order valence-electron chi connectivity index (χ1n) is 13.7. The second-order valence-corrected chi connectivity index (χ2v) is 10.2. The van der Waals surface area contributed by atoms with E-state index in [1.807, 2.05) is 30.3 Å². The molecule has 0 saturated heterocycles. The molecule has 0 bridgehead atoms. The molecule has 0 fully saturated rings. The number of halogens is 1. The summed E-state index contributed by atoms with van der Waals surface area (Å²) in [6, 6.07) is 26.9. The summed E-state index contributed by atoms with van der Waals surface area (Å²) in [7, 11) is 3.11. The maximum Gasteiger partial charge on any atom is 0.305 e. The Labute approximate surface area is 255 Å². The number of methoxy groups -OCH3 is 2. The van der Waals surface area contributed by atoms with Crippen LogP contribution in [0.2, 0.25) is 5.02 Å². The maximum absolute atomic E-state index is 14.0. The quantitative estimate of drug-likeness (QED) is 0.192. The number of hydrogen-bond donors (Lipinski definition) is 2. The van der Waals surface area contributed by atoms with Crippen molar-refractivity contribution in [2.24, 2.45) is 0 Å². The van der Waals surface area contributed by atoms with Crippen molar-refractivity contribution in [3.05, 3.63) is 118 Å². The standard InChI is InChI=1S/C34H33ClN2O6/c1-42-30-16-13-23(21-31(30)43-2)17-19-37(20-18-32(38)39)34(41)29-10-6-4-8-27(29)26-7-3-5-9-28(26)33(40)36-22-24-11-14-25(35)15-12-24/h3-16,21H,17-20,22H2,1-2H3,(H,36,40)(H,38,39). The van der Waals surface area contributed by atoms with E-state index in [4.69, 9.17) is 21.1 Å². The molecule has 2 amide bonds. The Balaban J connectivity index is 1.60. The predicted molar refractivity (Wildman–Crippen MR) is 166 cm³/mol. The third-order valence-electron chi connectivity index (χ3n) is 6.99. The molecule has 4 aromatic carbocycles. The number of aliphatic carboxylic acids is 1. The minimum absolute atomic E-state index is 0.0268. The molecule has 0 aliphatic rings. The van der Waals surface area contributed by atoms with Gasteiger partial charge in [0, 0.05) is 35.8 Å². The van der Waals surface area contributed by atoms with Gasteiger partial charge in [-0.3, -0.25) is 14.4 Å². The van der Waals surface area contributed by atoms with Crippen LogP contribution in [0.3, 0.4) is 0 Å². The van der Waals surface area contributed by atoms with Gasteiger partial charge < -0.3 is 24.8 Å².